The van der Waals surface area contributed by atoms with Gasteiger partial charge in [0.1, 0.15) is 0 Å². The van der Waals surface area contributed by atoms with Gasteiger partial charge in [-0.2, -0.15) is 0 Å². The molecule has 0 unspecified atom stereocenters. The Bertz CT molecular complexity index is 214. The second-order valence-corrected chi connectivity index (χ2v) is 6.27. The summed E-state index contributed by atoms with van der Waals surface area (Å²) in [5.74, 6) is 1.48. The minimum atomic E-state index is 0.477. The fourth-order valence-corrected chi connectivity index (χ4v) is 2.40. The van der Waals surface area contributed by atoms with Crippen LogP contribution in [0.5, 0.6) is 0 Å². The summed E-state index contributed by atoms with van der Waals surface area (Å²) in [4.78, 5) is 2.48. The van der Waals surface area contributed by atoms with Gasteiger partial charge in [0.05, 0.1) is 0 Å². The first-order valence-corrected chi connectivity index (χ1v) is 6.26. The fourth-order valence-electron chi connectivity index (χ4n) is 2.40. The van der Waals surface area contributed by atoms with Crippen LogP contribution >= 0.6 is 0 Å². The van der Waals surface area contributed by atoms with Crippen LogP contribution in [0, 0.1) is 17.3 Å². The fraction of sp³-hybridized carbons (Fsp3) is 0.857. The van der Waals surface area contributed by atoms with E-state index < -0.39 is 0 Å². The third-order valence-electron chi connectivity index (χ3n) is 3.79. The molecule has 0 aromatic rings. The summed E-state index contributed by atoms with van der Waals surface area (Å²) in [7, 11) is 0. The highest BCUT2D eigenvalue weighted by atomic mass is 15.1. The van der Waals surface area contributed by atoms with Crippen LogP contribution < -0.4 is 0 Å². The molecule has 1 aliphatic rings. The first-order valence-electron chi connectivity index (χ1n) is 6.26. The van der Waals surface area contributed by atoms with Crippen molar-refractivity contribution >= 4 is 0 Å². The third kappa shape index (κ3) is 3.25. The van der Waals surface area contributed by atoms with E-state index >= 15 is 0 Å². The Labute approximate surface area is 95.5 Å². The molecule has 1 saturated heterocycles. The summed E-state index contributed by atoms with van der Waals surface area (Å²) in [5, 5.41) is 0. The maximum Gasteiger partial charge on any atom is 0.0177 e. The molecule has 0 amide bonds. The molecule has 15 heavy (non-hydrogen) atoms. The summed E-state index contributed by atoms with van der Waals surface area (Å²) >= 11 is 0. The van der Waals surface area contributed by atoms with Gasteiger partial charge < -0.3 is 4.90 Å². The lowest BCUT2D eigenvalue weighted by Gasteiger charge is -2.41. The molecule has 1 rings (SSSR count). The van der Waals surface area contributed by atoms with Gasteiger partial charge in [0.2, 0.25) is 0 Å². The standard InChI is InChI=1S/C14H27N/c1-11(2)12(3)15-9-7-13(8-10-15)14(4,5)6/h11,13H,3,7-10H2,1-2,4-6H3. The molecule has 0 aliphatic carbocycles. The van der Waals surface area contributed by atoms with Crippen molar-refractivity contribution in [3.63, 3.8) is 0 Å². The molecule has 0 N–H and O–H groups in total. The SMILES string of the molecule is C=C(C(C)C)N1CCC(C(C)(C)C)CC1. The van der Waals surface area contributed by atoms with E-state index in [1.165, 1.54) is 31.6 Å². The van der Waals surface area contributed by atoms with Crippen LogP contribution in [0.2, 0.25) is 0 Å². The maximum atomic E-state index is 4.19. The average Bonchev–Trinajstić information content (AvgIpc) is 2.15. The minimum Gasteiger partial charge on any atom is -0.375 e. The molecule has 88 valence electrons. The van der Waals surface area contributed by atoms with E-state index in [9.17, 15) is 0 Å². The van der Waals surface area contributed by atoms with Gasteiger partial charge in [0, 0.05) is 18.8 Å². The van der Waals surface area contributed by atoms with Gasteiger partial charge in [-0.15, -0.1) is 0 Å². The zero-order valence-corrected chi connectivity index (χ0v) is 11.1. The van der Waals surface area contributed by atoms with Gasteiger partial charge in [-0.3, -0.25) is 0 Å². The van der Waals surface area contributed by atoms with Crippen molar-refractivity contribution in [1.82, 2.24) is 4.90 Å². The summed E-state index contributed by atoms with van der Waals surface area (Å²) in [5.41, 5.74) is 1.80. The van der Waals surface area contributed by atoms with Gasteiger partial charge in [0.25, 0.3) is 0 Å². The van der Waals surface area contributed by atoms with E-state index in [4.69, 9.17) is 0 Å². The van der Waals surface area contributed by atoms with Gasteiger partial charge in [0.15, 0.2) is 0 Å². The predicted molar refractivity (Wildman–Crippen MR) is 67.7 cm³/mol. The Morgan fingerprint density at radius 3 is 2.00 bits per heavy atom. The molecule has 0 aromatic carbocycles. The monoisotopic (exact) mass is 209 g/mol. The Kier molecular flexibility index (Phi) is 3.86. The molecule has 1 heteroatoms. The molecule has 0 saturated carbocycles. The van der Waals surface area contributed by atoms with E-state index in [2.05, 4.69) is 46.1 Å². The number of hydrogen-bond donors (Lipinski definition) is 0. The van der Waals surface area contributed by atoms with Crippen molar-refractivity contribution in [1.29, 1.82) is 0 Å². The van der Waals surface area contributed by atoms with Gasteiger partial charge in [-0.05, 0) is 30.1 Å². The second kappa shape index (κ2) is 4.59. The van der Waals surface area contributed by atoms with E-state index in [0.717, 1.165) is 5.92 Å². The van der Waals surface area contributed by atoms with Crippen LogP contribution in [0.3, 0.4) is 0 Å². The average molecular weight is 209 g/mol. The van der Waals surface area contributed by atoms with Crippen LogP contribution in [0.1, 0.15) is 47.5 Å². The highest BCUT2D eigenvalue weighted by Crippen LogP contribution is 2.35. The second-order valence-electron chi connectivity index (χ2n) is 6.27. The Hall–Kier alpha value is -0.460. The molecule has 1 nitrogen and oxygen atoms in total. The lowest BCUT2D eigenvalue weighted by molar-refractivity contribution is 0.127. The molecule has 0 aromatic heterocycles. The van der Waals surface area contributed by atoms with Gasteiger partial charge in [-0.1, -0.05) is 41.2 Å². The van der Waals surface area contributed by atoms with E-state index in [-0.39, 0.29) is 0 Å². The topological polar surface area (TPSA) is 3.24 Å². The molecule has 0 atom stereocenters. The van der Waals surface area contributed by atoms with Crippen molar-refractivity contribution in [2.24, 2.45) is 17.3 Å². The number of likely N-dealkylation sites (tertiary alicyclic amines) is 1. The van der Waals surface area contributed by atoms with Crippen LogP contribution in [0.25, 0.3) is 0 Å². The zero-order chi connectivity index (χ0) is 11.6. The van der Waals surface area contributed by atoms with Crippen molar-refractivity contribution in [3.8, 4) is 0 Å². The Balaban J connectivity index is 2.46. The summed E-state index contributed by atoms with van der Waals surface area (Å²) in [6, 6.07) is 0. The molecular formula is C14H27N. The van der Waals surface area contributed by atoms with Crippen LogP contribution in [-0.2, 0) is 0 Å². The maximum absolute atomic E-state index is 4.19. The predicted octanol–water partition coefficient (Wildman–Crippen LogP) is 3.91. The number of nitrogens with zero attached hydrogens (tertiary/aromatic N) is 1. The molecule has 0 spiro atoms. The smallest absolute Gasteiger partial charge is 0.0177 e. The number of piperidine rings is 1. The molecular weight excluding hydrogens is 182 g/mol. The zero-order valence-electron chi connectivity index (χ0n) is 11.1. The van der Waals surface area contributed by atoms with Crippen molar-refractivity contribution in [2.45, 2.75) is 47.5 Å². The lowest BCUT2D eigenvalue weighted by Crippen LogP contribution is -2.38. The molecule has 1 fully saturated rings. The number of rotatable bonds is 2. The highest BCUT2D eigenvalue weighted by Gasteiger charge is 2.29. The molecule has 1 aliphatic heterocycles. The van der Waals surface area contributed by atoms with Crippen molar-refractivity contribution < 1.29 is 0 Å². The quantitative estimate of drug-likeness (QED) is 0.666. The Morgan fingerprint density at radius 2 is 1.67 bits per heavy atom. The van der Waals surface area contributed by atoms with Crippen LogP contribution in [-0.4, -0.2) is 18.0 Å². The van der Waals surface area contributed by atoms with Crippen LogP contribution in [0.15, 0.2) is 12.3 Å². The van der Waals surface area contributed by atoms with Crippen LogP contribution in [0.4, 0.5) is 0 Å². The van der Waals surface area contributed by atoms with Gasteiger partial charge >= 0.3 is 0 Å². The lowest BCUT2D eigenvalue weighted by atomic mass is 9.75. The highest BCUT2D eigenvalue weighted by molar-refractivity contribution is 4.99. The van der Waals surface area contributed by atoms with Crippen molar-refractivity contribution in [3.05, 3.63) is 12.3 Å². The summed E-state index contributed by atoms with van der Waals surface area (Å²) < 4.78 is 0. The van der Waals surface area contributed by atoms with E-state index in [1.54, 1.807) is 0 Å². The number of allylic oxidation sites excluding steroid dienone is 1. The summed E-state index contributed by atoms with van der Waals surface area (Å²) in [6.45, 7) is 18.2. The molecule has 1 heterocycles. The summed E-state index contributed by atoms with van der Waals surface area (Å²) in [6.07, 6.45) is 2.66. The largest absolute Gasteiger partial charge is 0.375 e. The first-order chi connectivity index (χ1) is 6.82. The van der Waals surface area contributed by atoms with E-state index in [1.807, 2.05) is 0 Å². The molecule has 0 radical (unpaired) electrons. The van der Waals surface area contributed by atoms with Crippen molar-refractivity contribution in [2.75, 3.05) is 13.1 Å². The Morgan fingerprint density at radius 1 is 1.20 bits per heavy atom. The minimum absolute atomic E-state index is 0.477. The first kappa shape index (κ1) is 12.6. The normalized spacial score (nSPS) is 19.7. The number of hydrogen-bond acceptors (Lipinski definition) is 1. The van der Waals surface area contributed by atoms with Gasteiger partial charge in [-0.25, -0.2) is 0 Å². The molecule has 0 bridgehead atoms. The third-order valence-corrected chi connectivity index (χ3v) is 3.79. The van der Waals surface area contributed by atoms with E-state index in [0.29, 0.717) is 11.3 Å².